The van der Waals surface area contributed by atoms with E-state index < -0.39 is 6.04 Å². The van der Waals surface area contributed by atoms with Crippen molar-refractivity contribution < 1.29 is 9.59 Å². The van der Waals surface area contributed by atoms with E-state index in [2.05, 4.69) is 49.5 Å². The lowest BCUT2D eigenvalue weighted by molar-refractivity contribution is -0.139. The van der Waals surface area contributed by atoms with Crippen LogP contribution in [0.25, 0.3) is 0 Å². The van der Waals surface area contributed by atoms with Crippen molar-refractivity contribution in [3.8, 4) is 0 Å². The number of nitrogens with zero attached hydrogens (tertiary/aromatic N) is 1. The zero-order chi connectivity index (χ0) is 25.5. The second-order valence-corrected chi connectivity index (χ2v) is 13.1. The molecule has 3 N–H and O–H groups in total. The highest BCUT2D eigenvalue weighted by molar-refractivity contribution is 8.77. The van der Waals surface area contributed by atoms with Crippen molar-refractivity contribution in [3.05, 3.63) is 71.3 Å². The molecule has 1 fully saturated rings. The largest absolute Gasteiger partial charge is 0.343 e. The Morgan fingerprint density at radius 3 is 2.64 bits per heavy atom. The molecule has 0 saturated carbocycles. The lowest BCUT2D eigenvalue weighted by Crippen LogP contribution is -2.52. The van der Waals surface area contributed by atoms with Gasteiger partial charge >= 0.3 is 0 Å². The number of benzene rings is 2. The lowest BCUT2D eigenvalue weighted by Gasteiger charge is -2.36. The Morgan fingerprint density at radius 2 is 1.86 bits per heavy atom. The molecular formula is C29H39N3O2S2. The molecule has 7 heteroatoms. The summed E-state index contributed by atoms with van der Waals surface area (Å²) in [5, 5.41) is 2.88. The summed E-state index contributed by atoms with van der Waals surface area (Å²) in [4.78, 5) is 29.3. The first-order valence-corrected chi connectivity index (χ1v) is 15.6. The maximum Gasteiger partial charge on any atom is 0.246 e. The maximum atomic E-state index is 13.7. The topological polar surface area (TPSA) is 75.4 Å². The number of carbonyl (C=O) groups is 2. The Balaban J connectivity index is 1.48. The third kappa shape index (κ3) is 7.08. The van der Waals surface area contributed by atoms with Gasteiger partial charge in [0.25, 0.3) is 0 Å². The van der Waals surface area contributed by atoms with Crippen molar-refractivity contribution in [2.75, 3.05) is 12.3 Å². The number of nitrogens with one attached hydrogen (secondary N) is 1. The minimum absolute atomic E-state index is 0.0549. The Bertz CT molecular complexity index is 1020. The molecule has 1 saturated heterocycles. The molecule has 0 spiro atoms. The molecule has 0 aromatic heterocycles. The summed E-state index contributed by atoms with van der Waals surface area (Å²) in [7, 11) is 3.25. The highest BCUT2D eigenvalue weighted by Gasteiger charge is 2.38. The van der Waals surface area contributed by atoms with Gasteiger partial charge in [-0.2, -0.15) is 0 Å². The van der Waals surface area contributed by atoms with Crippen LogP contribution in [-0.4, -0.2) is 46.3 Å². The van der Waals surface area contributed by atoms with Crippen molar-refractivity contribution in [1.82, 2.24) is 10.2 Å². The third-order valence-corrected chi connectivity index (χ3v) is 9.86. The van der Waals surface area contributed by atoms with Gasteiger partial charge in [0.2, 0.25) is 11.8 Å². The Morgan fingerprint density at radius 1 is 1.11 bits per heavy atom. The molecule has 0 bridgehead atoms. The predicted octanol–water partition coefficient (Wildman–Crippen LogP) is 5.15. The van der Waals surface area contributed by atoms with Crippen LogP contribution in [0.3, 0.4) is 0 Å². The van der Waals surface area contributed by atoms with Crippen LogP contribution in [0.5, 0.6) is 0 Å². The summed E-state index contributed by atoms with van der Waals surface area (Å²) in [5.74, 6) is 1.34. The molecule has 2 heterocycles. The number of hydrogen-bond acceptors (Lipinski definition) is 5. The number of rotatable bonds is 10. The first-order chi connectivity index (χ1) is 17.4. The lowest BCUT2D eigenvalue weighted by atomic mass is 9.92. The van der Waals surface area contributed by atoms with Crippen molar-refractivity contribution in [2.24, 2.45) is 11.7 Å². The summed E-state index contributed by atoms with van der Waals surface area (Å²) < 4.78 is 0. The van der Waals surface area contributed by atoms with Gasteiger partial charge in [0.1, 0.15) is 6.04 Å². The Kier molecular flexibility index (Phi) is 9.80. The van der Waals surface area contributed by atoms with Gasteiger partial charge in [-0.3, -0.25) is 9.59 Å². The van der Waals surface area contributed by atoms with E-state index in [-0.39, 0.29) is 29.1 Å². The van der Waals surface area contributed by atoms with Crippen molar-refractivity contribution >= 4 is 33.4 Å². The molecular weight excluding hydrogens is 486 g/mol. The van der Waals surface area contributed by atoms with E-state index in [0.29, 0.717) is 18.8 Å². The second kappa shape index (κ2) is 13.0. The fourth-order valence-electron chi connectivity index (χ4n) is 5.33. The second-order valence-electron chi connectivity index (χ2n) is 10.5. The van der Waals surface area contributed by atoms with Gasteiger partial charge in [-0.15, -0.1) is 0 Å². The standard InChI is InChI=1S/C29H39N3O2S2/c1-20(2)16-23(30)19-35-36-27(17-21-10-4-3-5-11-21)28(33)31-25-18-22-12-6-7-13-24(22)26-14-8-9-15-32(26)29(25)34/h3-7,10-13,20,23,25-27H,8-9,14-19,30H2,1-2H3,(H,31,33)/t23-,25-,26?,27+/m0/s1. The van der Waals surface area contributed by atoms with Gasteiger partial charge < -0.3 is 16.0 Å². The van der Waals surface area contributed by atoms with Gasteiger partial charge in [0.05, 0.1) is 11.3 Å². The van der Waals surface area contributed by atoms with Gasteiger partial charge in [-0.25, -0.2) is 0 Å². The molecule has 2 aliphatic rings. The van der Waals surface area contributed by atoms with E-state index >= 15 is 0 Å². The van der Waals surface area contributed by atoms with E-state index in [4.69, 9.17) is 5.73 Å². The Hall–Kier alpha value is -1.96. The SMILES string of the molecule is CC(C)C[C@H](N)CSS[C@H](Cc1ccccc1)C(=O)N[C@H]1Cc2ccccc2C2CCCCN2C1=O. The normalized spacial score (nSPS) is 21.3. The molecule has 2 aliphatic heterocycles. The smallest absolute Gasteiger partial charge is 0.246 e. The zero-order valence-electron chi connectivity index (χ0n) is 21.4. The maximum absolute atomic E-state index is 13.7. The van der Waals surface area contributed by atoms with Gasteiger partial charge in [0.15, 0.2) is 0 Å². The molecule has 36 heavy (non-hydrogen) atoms. The minimum atomic E-state index is -0.533. The third-order valence-electron chi connectivity index (χ3n) is 7.04. The molecule has 0 radical (unpaired) electrons. The van der Waals surface area contributed by atoms with Crippen LogP contribution in [0, 0.1) is 5.92 Å². The summed E-state index contributed by atoms with van der Waals surface area (Å²) in [6.45, 7) is 5.12. The van der Waals surface area contributed by atoms with Gasteiger partial charge in [0, 0.05) is 24.8 Å². The van der Waals surface area contributed by atoms with E-state index in [9.17, 15) is 9.59 Å². The Labute approximate surface area is 223 Å². The number of carbonyl (C=O) groups excluding carboxylic acids is 2. The monoisotopic (exact) mass is 525 g/mol. The van der Waals surface area contributed by atoms with Crippen molar-refractivity contribution in [2.45, 2.75) is 75.7 Å². The molecule has 4 atom stereocenters. The van der Waals surface area contributed by atoms with Crippen molar-refractivity contribution in [1.29, 1.82) is 0 Å². The van der Waals surface area contributed by atoms with Crippen molar-refractivity contribution in [3.63, 3.8) is 0 Å². The summed E-state index contributed by atoms with van der Waals surface area (Å²) in [5.41, 5.74) is 9.83. The van der Waals surface area contributed by atoms with E-state index in [1.807, 2.05) is 29.2 Å². The van der Waals surface area contributed by atoms with Crippen LogP contribution in [0.1, 0.15) is 62.3 Å². The summed E-state index contributed by atoms with van der Waals surface area (Å²) in [6.07, 6.45) is 5.27. The average Bonchev–Trinajstić information content (AvgIpc) is 2.98. The van der Waals surface area contributed by atoms with Crippen LogP contribution >= 0.6 is 21.6 Å². The van der Waals surface area contributed by atoms with Crippen LogP contribution in [0.4, 0.5) is 0 Å². The number of fused-ring (bicyclic) bond motifs is 3. The average molecular weight is 526 g/mol. The molecule has 5 nitrogen and oxygen atoms in total. The highest BCUT2D eigenvalue weighted by Crippen LogP contribution is 2.37. The van der Waals surface area contributed by atoms with Crippen LogP contribution in [0.2, 0.25) is 0 Å². The summed E-state index contributed by atoms with van der Waals surface area (Å²) >= 11 is 0. The first-order valence-electron chi connectivity index (χ1n) is 13.2. The van der Waals surface area contributed by atoms with Gasteiger partial charge in [-0.1, -0.05) is 90.0 Å². The molecule has 2 aromatic rings. The molecule has 2 aromatic carbocycles. The molecule has 4 rings (SSSR count). The van der Waals surface area contributed by atoms with Crippen LogP contribution in [-0.2, 0) is 22.4 Å². The van der Waals surface area contributed by atoms with E-state index in [1.54, 1.807) is 21.6 Å². The minimum Gasteiger partial charge on any atom is -0.343 e. The quantitative estimate of drug-likeness (QED) is 0.420. The predicted molar refractivity (Wildman–Crippen MR) is 152 cm³/mol. The van der Waals surface area contributed by atoms with Crippen LogP contribution in [0.15, 0.2) is 54.6 Å². The van der Waals surface area contributed by atoms with Crippen LogP contribution < -0.4 is 11.1 Å². The number of amides is 2. The molecule has 194 valence electrons. The number of hydrogen-bond donors (Lipinski definition) is 2. The molecule has 1 unspecified atom stereocenters. The number of piperidine rings is 1. The number of nitrogens with two attached hydrogens (primary N) is 1. The first kappa shape index (κ1) is 27.1. The summed E-state index contributed by atoms with van der Waals surface area (Å²) in [6, 6.07) is 18.2. The van der Waals surface area contributed by atoms with E-state index in [0.717, 1.165) is 43.5 Å². The van der Waals surface area contributed by atoms with Gasteiger partial charge in [-0.05, 0) is 54.7 Å². The fourth-order valence-corrected chi connectivity index (χ4v) is 8.02. The fraction of sp³-hybridized carbons (Fsp3) is 0.517. The van der Waals surface area contributed by atoms with E-state index in [1.165, 1.54) is 11.1 Å². The highest BCUT2D eigenvalue weighted by atomic mass is 33.1. The molecule has 0 aliphatic carbocycles. The molecule has 2 amide bonds. The zero-order valence-corrected chi connectivity index (χ0v) is 23.0.